The molecule has 17 heavy (non-hydrogen) atoms. The van der Waals surface area contributed by atoms with Crippen molar-refractivity contribution in [3.05, 3.63) is 29.6 Å². The largest absolute Gasteiger partial charge is 0.493 e. The van der Waals surface area contributed by atoms with Gasteiger partial charge in [0.2, 0.25) is 0 Å². The van der Waals surface area contributed by atoms with Gasteiger partial charge in [0.15, 0.2) is 0 Å². The van der Waals surface area contributed by atoms with Crippen molar-refractivity contribution in [2.24, 2.45) is 0 Å². The van der Waals surface area contributed by atoms with Gasteiger partial charge in [-0.25, -0.2) is 9.45 Å². The fraction of sp³-hybridized carbons (Fsp3) is 0.417. The van der Waals surface area contributed by atoms with E-state index in [1.165, 1.54) is 12.1 Å². The van der Waals surface area contributed by atoms with Crippen LogP contribution in [0, 0.1) is 5.82 Å². The maximum atomic E-state index is 13.3. The van der Waals surface area contributed by atoms with Gasteiger partial charge in [-0.15, -0.1) is 0 Å². The lowest BCUT2D eigenvalue weighted by atomic mass is 9.75. The number of halogens is 1. The molecular weight excluding hydrogens is 225 g/mol. The van der Waals surface area contributed by atoms with Crippen LogP contribution in [0.5, 0.6) is 5.75 Å². The minimum Gasteiger partial charge on any atom is -0.493 e. The molecule has 0 radical (unpaired) electrons. The van der Waals surface area contributed by atoms with E-state index in [1.54, 1.807) is 6.07 Å². The van der Waals surface area contributed by atoms with Crippen LogP contribution >= 0.6 is 0 Å². The number of hydrogen-bond acceptors (Lipinski definition) is 3. The van der Waals surface area contributed by atoms with E-state index in [4.69, 9.17) is 4.74 Å². The number of hydroxylamine groups is 2. The summed E-state index contributed by atoms with van der Waals surface area (Å²) in [6.45, 7) is 0.701. The van der Waals surface area contributed by atoms with Crippen molar-refractivity contribution >= 4 is 5.91 Å². The Kier molecular flexibility index (Phi) is 2.13. The van der Waals surface area contributed by atoms with E-state index in [-0.39, 0.29) is 12.5 Å². The number of carbonyl (C=O) groups is 1. The zero-order valence-corrected chi connectivity index (χ0v) is 9.15. The highest BCUT2D eigenvalue weighted by molar-refractivity contribution is 5.90. The third-order valence-electron chi connectivity index (χ3n) is 3.64. The van der Waals surface area contributed by atoms with E-state index in [9.17, 15) is 14.4 Å². The maximum Gasteiger partial charge on any atom is 0.256 e. The molecule has 4 nitrogen and oxygen atoms in total. The second kappa shape index (κ2) is 3.43. The molecule has 2 heterocycles. The summed E-state index contributed by atoms with van der Waals surface area (Å²) in [6.07, 6.45) is 0.988. The Hall–Kier alpha value is -1.62. The first-order valence-electron chi connectivity index (χ1n) is 5.57. The lowest BCUT2D eigenvalue weighted by Gasteiger charge is -2.33. The zero-order valence-electron chi connectivity index (χ0n) is 9.15. The van der Waals surface area contributed by atoms with Gasteiger partial charge in [0, 0.05) is 18.5 Å². The summed E-state index contributed by atoms with van der Waals surface area (Å²) < 4.78 is 18.7. The van der Waals surface area contributed by atoms with E-state index < -0.39 is 11.2 Å². The normalized spacial score (nSPS) is 27.2. The first kappa shape index (κ1) is 10.5. The quantitative estimate of drug-likeness (QED) is 0.695. The topological polar surface area (TPSA) is 49.8 Å². The lowest BCUT2D eigenvalue weighted by molar-refractivity contribution is -0.161. The van der Waals surface area contributed by atoms with Crippen LogP contribution in [0.3, 0.4) is 0 Å². The summed E-state index contributed by atoms with van der Waals surface area (Å²) in [5.74, 6) is -0.202. The molecule has 0 saturated carbocycles. The summed E-state index contributed by atoms with van der Waals surface area (Å²) in [5.41, 5.74) is -0.241. The third-order valence-corrected chi connectivity index (χ3v) is 3.64. The van der Waals surface area contributed by atoms with Crippen LogP contribution in [0.15, 0.2) is 18.2 Å². The van der Waals surface area contributed by atoms with E-state index in [0.29, 0.717) is 30.8 Å². The molecule has 1 N–H and O–H groups in total. The molecule has 1 aromatic carbocycles. The smallest absolute Gasteiger partial charge is 0.256 e. The van der Waals surface area contributed by atoms with E-state index in [0.717, 1.165) is 5.06 Å². The Balaban J connectivity index is 2.16. The number of amides is 1. The third kappa shape index (κ3) is 1.35. The van der Waals surface area contributed by atoms with Gasteiger partial charge in [-0.05, 0) is 24.6 Å². The van der Waals surface area contributed by atoms with E-state index >= 15 is 0 Å². The monoisotopic (exact) mass is 237 g/mol. The van der Waals surface area contributed by atoms with Gasteiger partial charge in [-0.2, -0.15) is 0 Å². The maximum absolute atomic E-state index is 13.3. The molecular formula is C12H12FNO3. The van der Waals surface area contributed by atoms with Gasteiger partial charge in [0.1, 0.15) is 11.6 Å². The van der Waals surface area contributed by atoms with Crippen LogP contribution in [0.25, 0.3) is 0 Å². The minimum atomic E-state index is -0.801. The summed E-state index contributed by atoms with van der Waals surface area (Å²) in [4.78, 5) is 12.1. The average Bonchev–Trinajstić information content (AvgIpc) is 2.60. The van der Waals surface area contributed by atoms with Gasteiger partial charge < -0.3 is 4.74 Å². The predicted octanol–water partition coefficient (Wildman–Crippen LogP) is 1.47. The lowest BCUT2D eigenvalue weighted by Crippen LogP contribution is -2.40. The number of hydrogen-bond donors (Lipinski definition) is 1. The van der Waals surface area contributed by atoms with Crippen LogP contribution in [-0.2, 0) is 10.2 Å². The summed E-state index contributed by atoms with van der Waals surface area (Å²) in [6, 6.07) is 4.19. The fourth-order valence-electron chi connectivity index (χ4n) is 2.71. The summed E-state index contributed by atoms with van der Waals surface area (Å²) in [7, 11) is 0. The van der Waals surface area contributed by atoms with Crippen LogP contribution < -0.4 is 4.74 Å². The molecule has 0 aromatic heterocycles. The molecule has 5 heteroatoms. The van der Waals surface area contributed by atoms with Gasteiger partial charge in [0.25, 0.3) is 5.91 Å². The predicted molar refractivity (Wildman–Crippen MR) is 56.3 cm³/mol. The summed E-state index contributed by atoms with van der Waals surface area (Å²) in [5, 5.41) is 10.2. The van der Waals surface area contributed by atoms with Gasteiger partial charge in [0.05, 0.1) is 12.0 Å². The number of rotatable bonds is 0. The first-order valence-corrected chi connectivity index (χ1v) is 5.57. The number of fused-ring (bicyclic) bond motifs is 2. The SMILES string of the molecule is O=C1N(O)CCC12CCOc1ccc(F)cc12. The molecule has 0 aliphatic carbocycles. The van der Waals surface area contributed by atoms with Crippen molar-refractivity contribution in [1.29, 1.82) is 0 Å². The van der Waals surface area contributed by atoms with Crippen molar-refractivity contribution in [2.75, 3.05) is 13.2 Å². The van der Waals surface area contributed by atoms with Crippen molar-refractivity contribution in [2.45, 2.75) is 18.3 Å². The van der Waals surface area contributed by atoms with Crippen LogP contribution in [0.4, 0.5) is 4.39 Å². The van der Waals surface area contributed by atoms with Crippen molar-refractivity contribution in [3.63, 3.8) is 0 Å². The zero-order chi connectivity index (χ0) is 12.0. The Morgan fingerprint density at radius 3 is 2.94 bits per heavy atom. The Labute approximate surface area is 97.6 Å². The average molecular weight is 237 g/mol. The van der Waals surface area contributed by atoms with Gasteiger partial charge >= 0.3 is 0 Å². The molecule has 1 aromatic rings. The second-order valence-electron chi connectivity index (χ2n) is 4.50. The van der Waals surface area contributed by atoms with Crippen LogP contribution in [-0.4, -0.2) is 29.3 Å². The number of carbonyl (C=O) groups excluding carboxylic acids is 1. The molecule has 1 unspecified atom stereocenters. The molecule has 1 saturated heterocycles. The summed E-state index contributed by atoms with van der Waals surface area (Å²) >= 11 is 0. The molecule has 1 fully saturated rings. The van der Waals surface area contributed by atoms with Gasteiger partial charge in [-0.3, -0.25) is 10.0 Å². The van der Waals surface area contributed by atoms with Crippen molar-refractivity contribution in [3.8, 4) is 5.75 Å². The minimum absolute atomic E-state index is 0.286. The standard InChI is InChI=1S/C12H12FNO3/c13-8-1-2-10-9(7-8)12(4-6-17-10)3-5-14(16)11(12)15/h1-2,7,16H,3-6H2. The second-order valence-corrected chi connectivity index (χ2v) is 4.50. The Bertz CT molecular complexity index is 491. The fourth-order valence-corrected chi connectivity index (χ4v) is 2.71. The van der Waals surface area contributed by atoms with Crippen molar-refractivity contribution < 1.29 is 19.1 Å². The van der Waals surface area contributed by atoms with Gasteiger partial charge in [-0.1, -0.05) is 0 Å². The molecule has 1 spiro atoms. The highest BCUT2D eigenvalue weighted by Gasteiger charge is 2.50. The van der Waals surface area contributed by atoms with Crippen LogP contribution in [0.1, 0.15) is 18.4 Å². The molecule has 2 aliphatic rings. The van der Waals surface area contributed by atoms with Crippen molar-refractivity contribution in [1.82, 2.24) is 5.06 Å². The Morgan fingerprint density at radius 2 is 2.24 bits per heavy atom. The van der Waals surface area contributed by atoms with E-state index in [2.05, 4.69) is 0 Å². The van der Waals surface area contributed by atoms with Crippen LogP contribution in [0.2, 0.25) is 0 Å². The highest BCUT2D eigenvalue weighted by Crippen LogP contribution is 2.45. The first-order chi connectivity index (χ1) is 8.13. The molecule has 1 amide bonds. The number of benzene rings is 1. The molecule has 1 atom stereocenters. The number of nitrogens with zero attached hydrogens (tertiary/aromatic N) is 1. The number of ether oxygens (including phenoxy) is 1. The highest BCUT2D eigenvalue weighted by atomic mass is 19.1. The van der Waals surface area contributed by atoms with E-state index in [1.807, 2.05) is 0 Å². The molecule has 90 valence electrons. The molecule has 3 rings (SSSR count). The molecule has 2 aliphatic heterocycles. The molecule has 0 bridgehead atoms. The Morgan fingerprint density at radius 1 is 1.41 bits per heavy atom.